The molecule has 34 heavy (non-hydrogen) atoms. The minimum atomic E-state index is -2.66. The Morgan fingerprint density at radius 2 is 1.06 bits per heavy atom. The van der Waals surface area contributed by atoms with Crippen molar-refractivity contribution < 1.29 is 49.4 Å². The summed E-state index contributed by atoms with van der Waals surface area (Å²) >= 11 is 0. The third kappa shape index (κ3) is 17.3. The number of carbonyl (C=O) groups is 4. The minimum absolute atomic E-state index is 0.113. The fourth-order valence-corrected chi connectivity index (χ4v) is 3.62. The van der Waals surface area contributed by atoms with Crippen LogP contribution in [0.1, 0.15) is 109 Å². The average molecular weight is 491 g/mol. The monoisotopic (exact) mass is 490 g/mol. The highest BCUT2D eigenvalue weighted by Gasteiger charge is 2.41. The third-order valence-electron chi connectivity index (χ3n) is 5.70. The maximum absolute atomic E-state index is 11.7. The van der Waals surface area contributed by atoms with E-state index in [9.17, 15) is 29.4 Å². The highest BCUT2D eigenvalue weighted by molar-refractivity contribution is 5.88. The lowest BCUT2D eigenvalue weighted by Crippen LogP contribution is -2.43. The van der Waals surface area contributed by atoms with E-state index in [2.05, 4.69) is 0 Å². The molecule has 10 nitrogen and oxygen atoms in total. The Kier molecular flexibility index (Phi) is 17.9. The van der Waals surface area contributed by atoms with E-state index in [0.29, 0.717) is 12.8 Å². The molecule has 2 unspecified atom stereocenters. The van der Waals surface area contributed by atoms with Crippen LogP contribution in [-0.4, -0.2) is 67.7 Å². The van der Waals surface area contributed by atoms with E-state index in [4.69, 9.17) is 20.1 Å². The molecule has 0 aromatic rings. The van der Waals surface area contributed by atoms with Crippen LogP contribution in [0, 0.1) is 0 Å². The van der Waals surface area contributed by atoms with Gasteiger partial charge in [-0.15, -0.1) is 0 Å². The molecular weight excluding hydrogens is 448 g/mol. The van der Waals surface area contributed by atoms with E-state index in [0.717, 1.165) is 51.4 Å². The predicted molar refractivity (Wildman–Crippen MR) is 123 cm³/mol. The number of aliphatic hydroxyl groups is 2. The van der Waals surface area contributed by atoms with E-state index in [1.165, 1.54) is 32.1 Å². The predicted octanol–water partition coefficient (Wildman–Crippen LogP) is 3.51. The largest absolute Gasteiger partial charge is 0.481 e. The molecule has 0 rings (SSSR count). The first-order valence-electron chi connectivity index (χ1n) is 12.3. The quantitative estimate of drug-likeness (QED) is 0.105. The highest BCUT2D eigenvalue weighted by atomic mass is 16.5. The molecule has 0 aliphatic carbocycles. The summed E-state index contributed by atoms with van der Waals surface area (Å²) in [5, 5.41) is 45.2. The van der Waals surface area contributed by atoms with Crippen molar-refractivity contribution in [3.8, 4) is 0 Å². The van der Waals surface area contributed by atoms with Crippen LogP contribution in [0.25, 0.3) is 0 Å². The molecule has 0 saturated carbocycles. The van der Waals surface area contributed by atoms with Gasteiger partial charge in [0.25, 0.3) is 0 Å². The lowest BCUT2D eigenvalue weighted by atomic mass is 9.96. The van der Waals surface area contributed by atoms with Gasteiger partial charge < -0.3 is 30.3 Å². The second-order valence-electron chi connectivity index (χ2n) is 8.90. The van der Waals surface area contributed by atoms with Gasteiger partial charge in [-0.25, -0.2) is 9.59 Å². The highest BCUT2D eigenvalue weighted by Crippen LogP contribution is 2.17. The third-order valence-corrected chi connectivity index (χ3v) is 5.70. The molecule has 0 aromatic carbocycles. The Morgan fingerprint density at radius 3 is 1.44 bits per heavy atom. The molecule has 0 aliphatic rings. The Balaban J connectivity index is 3.48. The first-order chi connectivity index (χ1) is 16.1. The molecule has 198 valence electrons. The van der Waals surface area contributed by atoms with E-state index < -0.39 is 48.4 Å². The van der Waals surface area contributed by atoms with Crippen molar-refractivity contribution in [1.82, 2.24) is 0 Å². The smallest absolute Gasteiger partial charge is 0.336 e. The molecule has 0 fully saturated rings. The summed E-state index contributed by atoms with van der Waals surface area (Å²) in [6.07, 6.45) is 11.8. The lowest BCUT2D eigenvalue weighted by molar-refractivity contribution is -0.172. The van der Waals surface area contributed by atoms with Gasteiger partial charge in [0, 0.05) is 0 Å². The molecule has 0 spiro atoms. The van der Waals surface area contributed by atoms with E-state index in [-0.39, 0.29) is 6.61 Å². The second-order valence-corrected chi connectivity index (χ2v) is 8.90. The van der Waals surface area contributed by atoms with Crippen molar-refractivity contribution in [2.45, 2.75) is 121 Å². The van der Waals surface area contributed by atoms with Gasteiger partial charge in [0.05, 0.1) is 19.4 Å². The van der Waals surface area contributed by atoms with Gasteiger partial charge in [-0.3, -0.25) is 9.59 Å². The molecule has 0 heterocycles. The van der Waals surface area contributed by atoms with Crippen LogP contribution in [0.2, 0.25) is 0 Å². The molecule has 0 bridgehead atoms. The first-order valence-corrected chi connectivity index (χ1v) is 12.3. The van der Waals surface area contributed by atoms with Gasteiger partial charge in [0.2, 0.25) is 0 Å². The minimum Gasteiger partial charge on any atom is -0.481 e. The molecule has 5 N–H and O–H groups in total. The number of unbranched alkanes of at least 4 members (excludes halogenated alkanes) is 13. The van der Waals surface area contributed by atoms with Crippen LogP contribution >= 0.6 is 0 Å². The molecule has 2 atom stereocenters. The molecule has 0 amide bonds. The summed E-state index contributed by atoms with van der Waals surface area (Å²) < 4.78 is 4.91. The summed E-state index contributed by atoms with van der Waals surface area (Å²) in [6.45, 7) is 0.113. The van der Waals surface area contributed by atoms with Crippen molar-refractivity contribution in [3.63, 3.8) is 0 Å². The fourth-order valence-electron chi connectivity index (χ4n) is 3.62. The second kappa shape index (κ2) is 19.1. The van der Waals surface area contributed by atoms with Crippen LogP contribution in [0.4, 0.5) is 0 Å². The molecule has 0 radical (unpaired) electrons. The standard InChI is InChI=1S/C24H42O10/c25-19(22(29)30)15-13-11-9-7-5-3-1-2-4-6-8-10-12-14-16-34-21(28)18-24(33,23(31)32)17-20(26)27/h19,25,33H,1-18H2,(H,26,27)(H,29,30)(H,31,32). The average Bonchev–Trinajstić information content (AvgIpc) is 2.74. The van der Waals surface area contributed by atoms with Crippen molar-refractivity contribution in [2.75, 3.05) is 6.61 Å². The molecular formula is C24H42O10. The van der Waals surface area contributed by atoms with Gasteiger partial charge in [-0.05, 0) is 12.8 Å². The van der Waals surface area contributed by atoms with Crippen LogP contribution in [0.15, 0.2) is 0 Å². The SMILES string of the molecule is O=C(O)CC(O)(CC(=O)OCCCCCCCCCCCCCCCCC(O)C(=O)O)C(=O)O. The Labute approximate surface area is 201 Å². The van der Waals surface area contributed by atoms with Crippen LogP contribution in [0.5, 0.6) is 0 Å². The summed E-state index contributed by atoms with van der Waals surface area (Å²) in [5.74, 6) is -5.35. The van der Waals surface area contributed by atoms with Crippen molar-refractivity contribution in [3.05, 3.63) is 0 Å². The normalized spacial score (nSPS) is 13.7. The number of esters is 1. The van der Waals surface area contributed by atoms with E-state index >= 15 is 0 Å². The van der Waals surface area contributed by atoms with Gasteiger partial charge in [-0.1, -0.05) is 83.5 Å². The van der Waals surface area contributed by atoms with Gasteiger partial charge in [0.1, 0.15) is 0 Å². The zero-order chi connectivity index (χ0) is 25.8. The van der Waals surface area contributed by atoms with Crippen LogP contribution in [-0.2, 0) is 23.9 Å². The maximum atomic E-state index is 11.7. The number of carbonyl (C=O) groups excluding carboxylic acids is 1. The zero-order valence-corrected chi connectivity index (χ0v) is 20.1. The lowest BCUT2D eigenvalue weighted by Gasteiger charge is -2.20. The van der Waals surface area contributed by atoms with Crippen LogP contribution in [0.3, 0.4) is 0 Å². The number of carboxylic acid groups (broad SMARTS) is 3. The number of rotatable bonds is 23. The number of aliphatic carboxylic acids is 3. The molecule has 0 aliphatic heterocycles. The summed E-state index contributed by atoms with van der Waals surface area (Å²) in [6, 6.07) is 0. The Morgan fingerprint density at radius 1 is 0.647 bits per heavy atom. The van der Waals surface area contributed by atoms with E-state index in [1.54, 1.807) is 0 Å². The zero-order valence-electron chi connectivity index (χ0n) is 20.1. The van der Waals surface area contributed by atoms with Crippen molar-refractivity contribution in [2.24, 2.45) is 0 Å². The number of ether oxygens (including phenoxy) is 1. The summed E-state index contributed by atoms with van der Waals surface area (Å²) in [7, 11) is 0. The van der Waals surface area contributed by atoms with Gasteiger partial charge >= 0.3 is 23.9 Å². The number of hydrogen-bond acceptors (Lipinski definition) is 7. The maximum Gasteiger partial charge on any atom is 0.336 e. The summed E-state index contributed by atoms with van der Waals surface area (Å²) in [5.41, 5.74) is -2.66. The first kappa shape index (κ1) is 31.8. The Bertz CT molecular complexity index is 607. The summed E-state index contributed by atoms with van der Waals surface area (Å²) in [4.78, 5) is 43.8. The van der Waals surface area contributed by atoms with Crippen molar-refractivity contribution in [1.29, 1.82) is 0 Å². The van der Waals surface area contributed by atoms with Gasteiger partial charge in [0.15, 0.2) is 11.7 Å². The molecule has 0 aromatic heterocycles. The van der Waals surface area contributed by atoms with E-state index in [1.807, 2.05) is 0 Å². The fraction of sp³-hybridized carbons (Fsp3) is 0.833. The number of aliphatic hydroxyl groups excluding tert-OH is 1. The molecule has 0 saturated heterocycles. The Hall–Kier alpha value is -2.20. The number of hydrogen-bond donors (Lipinski definition) is 5. The van der Waals surface area contributed by atoms with Crippen molar-refractivity contribution >= 4 is 23.9 Å². The molecule has 10 heteroatoms. The van der Waals surface area contributed by atoms with Gasteiger partial charge in [-0.2, -0.15) is 0 Å². The topological polar surface area (TPSA) is 179 Å². The number of carboxylic acids is 3. The van der Waals surface area contributed by atoms with Crippen LogP contribution < -0.4 is 0 Å².